The number of morpholine rings is 1. The molecule has 0 amide bonds. The molecule has 2 aliphatic heterocycles. The molecule has 2 heteroatoms. The summed E-state index contributed by atoms with van der Waals surface area (Å²) in [5, 5.41) is 0. The Morgan fingerprint density at radius 1 is 1.75 bits per heavy atom. The van der Waals surface area contributed by atoms with Crippen molar-refractivity contribution in [1.29, 1.82) is 0 Å². The Balaban J connectivity index is 2.18. The molecular formula is C6H11NO. The van der Waals surface area contributed by atoms with E-state index in [1.54, 1.807) is 0 Å². The number of hydrogen-bond acceptors (Lipinski definition) is 2. The first-order chi connectivity index (χ1) is 3.75. The summed E-state index contributed by atoms with van der Waals surface area (Å²) in [5.74, 6) is 0. The van der Waals surface area contributed by atoms with Crippen molar-refractivity contribution in [3.8, 4) is 0 Å². The monoisotopic (exact) mass is 113 g/mol. The van der Waals surface area contributed by atoms with Crippen molar-refractivity contribution < 1.29 is 4.74 Å². The summed E-state index contributed by atoms with van der Waals surface area (Å²) >= 11 is 0. The predicted molar refractivity (Wildman–Crippen MR) is 30.5 cm³/mol. The van der Waals surface area contributed by atoms with E-state index in [1.165, 1.54) is 0 Å². The predicted octanol–water partition coefficient (Wildman–Crippen LogP) is 0.437. The van der Waals surface area contributed by atoms with E-state index in [-0.39, 0.29) is 5.72 Å². The van der Waals surface area contributed by atoms with E-state index in [4.69, 9.17) is 4.74 Å². The zero-order valence-corrected chi connectivity index (χ0v) is 5.35. The second-order valence-electron chi connectivity index (χ2n) is 2.77. The Hall–Kier alpha value is -0.0800. The van der Waals surface area contributed by atoms with E-state index >= 15 is 0 Å². The first-order valence-electron chi connectivity index (χ1n) is 3.16. The van der Waals surface area contributed by atoms with Gasteiger partial charge in [-0.3, -0.25) is 4.90 Å². The molecule has 0 aromatic carbocycles. The smallest absolute Gasteiger partial charge is 0.134 e. The Labute approximate surface area is 49.4 Å². The molecule has 2 saturated heterocycles. The summed E-state index contributed by atoms with van der Waals surface area (Å²) in [7, 11) is 0. The van der Waals surface area contributed by atoms with Gasteiger partial charge in [-0.1, -0.05) is 0 Å². The van der Waals surface area contributed by atoms with Gasteiger partial charge in [0, 0.05) is 6.54 Å². The summed E-state index contributed by atoms with van der Waals surface area (Å²) in [6.45, 7) is 6.43. The summed E-state index contributed by atoms with van der Waals surface area (Å²) < 4.78 is 5.45. The van der Waals surface area contributed by atoms with E-state index in [9.17, 15) is 0 Å². The zero-order valence-electron chi connectivity index (χ0n) is 5.35. The molecule has 3 unspecified atom stereocenters. The minimum Gasteiger partial charge on any atom is -0.358 e. The van der Waals surface area contributed by atoms with Crippen LogP contribution in [0.25, 0.3) is 0 Å². The van der Waals surface area contributed by atoms with E-state index in [0.29, 0.717) is 6.04 Å². The highest BCUT2D eigenvalue weighted by molar-refractivity contribution is 5.07. The van der Waals surface area contributed by atoms with Crippen molar-refractivity contribution in [2.75, 3.05) is 13.2 Å². The van der Waals surface area contributed by atoms with Gasteiger partial charge in [0.1, 0.15) is 5.72 Å². The van der Waals surface area contributed by atoms with Gasteiger partial charge in [0.15, 0.2) is 0 Å². The molecule has 2 rings (SSSR count). The molecule has 0 spiro atoms. The van der Waals surface area contributed by atoms with Crippen molar-refractivity contribution in [2.45, 2.75) is 25.6 Å². The van der Waals surface area contributed by atoms with Gasteiger partial charge in [-0.2, -0.15) is 0 Å². The third kappa shape index (κ3) is 0.327. The average Bonchev–Trinajstić information content (AvgIpc) is 2.23. The van der Waals surface area contributed by atoms with Gasteiger partial charge in [-0.05, 0) is 13.8 Å². The molecule has 8 heavy (non-hydrogen) atoms. The normalized spacial score (nSPS) is 60.8. The van der Waals surface area contributed by atoms with Gasteiger partial charge in [0.25, 0.3) is 0 Å². The Morgan fingerprint density at radius 3 is 2.75 bits per heavy atom. The van der Waals surface area contributed by atoms with Crippen LogP contribution in [0, 0.1) is 0 Å². The summed E-state index contributed by atoms with van der Waals surface area (Å²) in [6, 6.07) is 0.677. The molecule has 0 aromatic rings. The third-order valence-electron chi connectivity index (χ3n) is 2.47. The molecule has 2 aliphatic rings. The second kappa shape index (κ2) is 1.09. The minimum absolute atomic E-state index is 0.153. The van der Waals surface area contributed by atoms with E-state index in [2.05, 4.69) is 18.7 Å². The lowest BCUT2D eigenvalue weighted by molar-refractivity contribution is 0.0700. The number of hydrogen-bond donors (Lipinski definition) is 0. The van der Waals surface area contributed by atoms with Crippen LogP contribution in [-0.2, 0) is 4.74 Å². The topological polar surface area (TPSA) is 12.2 Å². The van der Waals surface area contributed by atoms with Gasteiger partial charge < -0.3 is 4.74 Å². The van der Waals surface area contributed by atoms with Crippen LogP contribution in [0.2, 0.25) is 0 Å². The zero-order chi connectivity index (χ0) is 5.78. The number of ether oxygens (including phenoxy) is 1. The van der Waals surface area contributed by atoms with Gasteiger partial charge >= 0.3 is 0 Å². The van der Waals surface area contributed by atoms with Crippen LogP contribution >= 0.6 is 0 Å². The highest BCUT2D eigenvalue weighted by Gasteiger charge is 2.60. The lowest BCUT2D eigenvalue weighted by atomic mass is 10.3. The maximum atomic E-state index is 5.45. The second-order valence-corrected chi connectivity index (χ2v) is 2.77. The van der Waals surface area contributed by atoms with Crippen LogP contribution in [-0.4, -0.2) is 29.8 Å². The van der Waals surface area contributed by atoms with Crippen LogP contribution in [0.15, 0.2) is 0 Å². The first kappa shape index (κ1) is 4.77. The lowest BCUT2D eigenvalue weighted by Crippen LogP contribution is -2.10. The highest BCUT2D eigenvalue weighted by atomic mass is 16.5. The third-order valence-corrected chi connectivity index (χ3v) is 2.47. The van der Waals surface area contributed by atoms with Crippen molar-refractivity contribution in [1.82, 2.24) is 4.90 Å². The van der Waals surface area contributed by atoms with Crippen molar-refractivity contribution in [3.05, 3.63) is 0 Å². The molecule has 2 fully saturated rings. The quantitative estimate of drug-likeness (QED) is 0.422. The number of nitrogens with zero attached hydrogens (tertiary/aromatic N) is 1. The summed E-state index contributed by atoms with van der Waals surface area (Å²) in [4.78, 5) is 2.37. The Morgan fingerprint density at radius 2 is 2.50 bits per heavy atom. The molecule has 46 valence electrons. The molecular weight excluding hydrogens is 102 g/mol. The fourth-order valence-corrected chi connectivity index (χ4v) is 1.58. The fourth-order valence-electron chi connectivity index (χ4n) is 1.58. The van der Waals surface area contributed by atoms with E-state index in [0.717, 1.165) is 13.2 Å². The minimum atomic E-state index is 0.153. The Kier molecular flexibility index (Phi) is 0.649. The number of fused-ring (bicyclic) bond motifs is 1. The first-order valence-corrected chi connectivity index (χ1v) is 3.16. The van der Waals surface area contributed by atoms with Crippen molar-refractivity contribution in [2.24, 2.45) is 0 Å². The molecule has 0 radical (unpaired) electrons. The largest absolute Gasteiger partial charge is 0.358 e. The van der Waals surface area contributed by atoms with E-state index < -0.39 is 0 Å². The molecule has 2 nitrogen and oxygen atoms in total. The molecule has 3 atom stereocenters. The van der Waals surface area contributed by atoms with Crippen molar-refractivity contribution in [3.63, 3.8) is 0 Å². The molecule has 0 aromatic heterocycles. The highest BCUT2D eigenvalue weighted by Crippen LogP contribution is 2.44. The van der Waals surface area contributed by atoms with Crippen LogP contribution in [0.3, 0.4) is 0 Å². The summed E-state index contributed by atoms with van der Waals surface area (Å²) in [5.41, 5.74) is 0.153. The van der Waals surface area contributed by atoms with Gasteiger partial charge in [-0.25, -0.2) is 0 Å². The van der Waals surface area contributed by atoms with Crippen LogP contribution in [0.4, 0.5) is 0 Å². The molecule has 0 aliphatic carbocycles. The molecule has 2 heterocycles. The number of rotatable bonds is 0. The summed E-state index contributed by atoms with van der Waals surface area (Å²) in [6.07, 6.45) is 0. The van der Waals surface area contributed by atoms with Crippen LogP contribution in [0.5, 0.6) is 0 Å². The average molecular weight is 113 g/mol. The Bertz CT molecular complexity index is 126. The van der Waals surface area contributed by atoms with Crippen LogP contribution in [0.1, 0.15) is 13.8 Å². The standard InChI is InChI=1S/C6H11NO/c1-5-6(2)7(5)3-4-8-6/h5H,3-4H2,1-2H3. The van der Waals surface area contributed by atoms with E-state index in [1.807, 2.05) is 0 Å². The lowest BCUT2D eigenvalue weighted by Gasteiger charge is -2.01. The van der Waals surface area contributed by atoms with Gasteiger partial charge in [-0.15, -0.1) is 0 Å². The maximum absolute atomic E-state index is 5.45. The molecule has 0 bridgehead atoms. The SMILES string of the molecule is CC1N2CCOC12C. The van der Waals surface area contributed by atoms with Gasteiger partial charge in [0.05, 0.1) is 12.6 Å². The van der Waals surface area contributed by atoms with Crippen molar-refractivity contribution >= 4 is 0 Å². The molecule has 0 N–H and O–H groups in total. The fraction of sp³-hybridized carbons (Fsp3) is 1.00. The van der Waals surface area contributed by atoms with Gasteiger partial charge in [0.2, 0.25) is 0 Å². The molecule has 0 saturated carbocycles. The van der Waals surface area contributed by atoms with Crippen LogP contribution < -0.4 is 0 Å². The maximum Gasteiger partial charge on any atom is 0.134 e.